The van der Waals surface area contributed by atoms with Crippen molar-refractivity contribution < 1.29 is 9.13 Å². The van der Waals surface area contributed by atoms with Crippen molar-refractivity contribution >= 4 is 0 Å². The molecular weight excluding hydrogens is 195 g/mol. The molecule has 0 radical (unpaired) electrons. The van der Waals surface area contributed by atoms with Gasteiger partial charge in [-0.15, -0.1) is 0 Å². The van der Waals surface area contributed by atoms with Gasteiger partial charge in [-0.3, -0.25) is 4.98 Å². The fourth-order valence-corrected chi connectivity index (χ4v) is 1.90. The van der Waals surface area contributed by atoms with E-state index < -0.39 is 0 Å². The summed E-state index contributed by atoms with van der Waals surface area (Å²) in [6.45, 7) is 1.53. The predicted octanol–water partition coefficient (Wildman–Crippen LogP) is 1.65. The maximum atomic E-state index is 12.7. The summed E-state index contributed by atoms with van der Waals surface area (Å²) >= 11 is 0. The topological polar surface area (TPSA) is 48.1 Å². The summed E-state index contributed by atoms with van der Waals surface area (Å²) < 4.78 is 17.9. The second-order valence-electron chi connectivity index (χ2n) is 3.88. The highest BCUT2D eigenvalue weighted by molar-refractivity contribution is 5.10. The number of nitrogens with two attached hydrogens (primary N) is 1. The molecule has 0 amide bonds. The summed E-state index contributed by atoms with van der Waals surface area (Å²) in [6, 6.07) is 2.96. The quantitative estimate of drug-likeness (QED) is 0.807. The molecule has 0 aliphatic carbocycles. The maximum absolute atomic E-state index is 12.7. The minimum absolute atomic E-state index is 0.102. The number of rotatable bonds is 2. The number of hydrogen-bond donors (Lipinski definition) is 1. The van der Waals surface area contributed by atoms with E-state index in [0.717, 1.165) is 31.7 Å². The molecule has 0 saturated carbocycles. The van der Waals surface area contributed by atoms with Crippen LogP contribution < -0.4 is 5.73 Å². The fraction of sp³-hybridized carbons (Fsp3) is 0.545. The van der Waals surface area contributed by atoms with Gasteiger partial charge in [-0.2, -0.15) is 0 Å². The lowest BCUT2D eigenvalue weighted by molar-refractivity contribution is 0.0579. The molecule has 4 heteroatoms. The van der Waals surface area contributed by atoms with Gasteiger partial charge in [0.1, 0.15) is 5.82 Å². The molecule has 82 valence electrons. The fourth-order valence-electron chi connectivity index (χ4n) is 1.90. The largest absolute Gasteiger partial charge is 0.381 e. The van der Waals surface area contributed by atoms with Crippen LogP contribution in [-0.2, 0) is 4.74 Å². The third-order valence-corrected chi connectivity index (χ3v) is 2.87. The normalized spacial score (nSPS) is 20.1. The minimum atomic E-state index is -0.321. The van der Waals surface area contributed by atoms with Crippen LogP contribution >= 0.6 is 0 Å². The molecule has 2 N–H and O–H groups in total. The molecule has 1 unspecified atom stereocenters. The lowest BCUT2D eigenvalue weighted by Crippen LogP contribution is -2.28. The Morgan fingerprint density at radius 3 is 2.73 bits per heavy atom. The van der Waals surface area contributed by atoms with E-state index in [9.17, 15) is 4.39 Å². The van der Waals surface area contributed by atoms with Crippen LogP contribution in [0.5, 0.6) is 0 Å². The van der Waals surface area contributed by atoms with Crippen molar-refractivity contribution in [2.75, 3.05) is 13.2 Å². The molecule has 1 aliphatic heterocycles. The van der Waals surface area contributed by atoms with Crippen molar-refractivity contribution in [3.05, 3.63) is 29.8 Å². The van der Waals surface area contributed by atoms with Crippen LogP contribution in [0.25, 0.3) is 0 Å². The molecule has 1 fully saturated rings. The first-order valence-electron chi connectivity index (χ1n) is 5.22. The Morgan fingerprint density at radius 1 is 1.40 bits per heavy atom. The Hall–Kier alpha value is -1.00. The van der Waals surface area contributed by atoms with Gasteiger partial charge in [0.2, 0.25) is 0 Å². The highest BCUT2D eigenvalue weighted by Crippen LogP contribution is 2.26. The van der Waals surface area contributed by atoms with Gasteiger partial charge in [0.25, 0.3) is 0 Å². The van der Waals surface area contributed by atoms with E-state index in [2.05, 4.69) is 4.98 Å². The van der Waals surface area contributed by atoms with Gasteiger partial charge in [0.15, 0.2) is 0 Å². The van der Waals surface area contributed by atoms with E-state index in [0.29, 0.717) is 5.92 Å². The smallest absolute Gasteiger partial charge is 0.141 e. The molecule has 2 rings (SSSR count). The third-order valence-electron chi connectivity index (χ3n) is 2.87. The van der Waals surface area contributed by atoms with Gasteiger partial charge < -0.3 is 10.5 Å². The van der Waals surface area contributed by atoms with E-state index in [1.807, 2.05) is 0 Å². The van der Waals surface area contributed by atoms with Crippen molar-refractivity contribution in [2.24, 2.45) is 11.7 Å². The summed E-state index contributed by atoms with van der Waals surface area (Å²) in [5, 5.41) is 0. The van der Waals surface area contributed by atoms with E-state index >= 15 is 0 Å². The average Bonchev–Trinajstić information content (AvgIpc) is 2.30. The molecule has 1 atom stereocenters. The van der Waals surface area contributed by atoms with Crippen molar-refractivity contribution in [1.29, 1.82) is 0 Å². The molecule has 0 spiro atoms. The van der Waals surface area contributed by atoms with Gasteiger partial charge in [-0.05, 0) is 30.9 Å². The first-order valence-corrected chi connectivity index (χ1v) is 5.22. The Balaban J connectivity index is 2.05. The lowest BCUT2D eigenvalue weighted by Gasteiger charge is -2.27. The van der Waals surface area contributed by atoms with E-state index in [1.165, 1.54) is 12.3 Å². The first kappa shape index (κ1) is 10.5. The SMILES string of the molecule is NC(c1ccc(F)cn1)C1CCOCC1. The zero-order valence-electron chi connectivity index (χ0n) is 8.53. The summed E-state index contributed by atoms with van der Waals surface area (Å²) in [5.74, 6) is 0.0784. The standard InChI is InChI=1S/C11H15FN2O/c12-9-1-2-10(14-7-9)11(13)8-3-5-15-6-4-8/h1-2,7-8,11H,3-6,13H2. The Kier molecular flexibility index (Phi) is 3.28. The van der Waals surface area contributed by atoms with Crippen LogP contribution in [0.4, 0.5) is 4.39 Å². The number of aromatic nitrogens is 1. The summed E-state index contributed by atoms with van der Waals surface area (Å²) in [6.07, 6.45) is 3.13. The molecule has 3 nitrogen and oxygen atoms in total. The molecule has 0 aromatic carbocycles. The van der Waals surface area contributed by atoms with Gasteiger partial charge in [-0.1, -0.05) is 0 Å². The molecule has 1 aromatic rings. The molecular formula is C11H15FN2O. The average molecular weight is 210 g/mol. The van der Waals surface area contributed by atoms with Crippen LogP contribution in [0, 0.1) is 11.7 Å². The second-order valence-corrected chi connectivity index (χ2v) is 3.88. The highest BCUT2D eigenvalue weighted by Gasteiger charge is 2.22. The van der Waals surface area contributed by atoms with Crippen LogP contribution in [-0.4, -0.2) is 18.2 Å². The summed E-state index contributed by atoms with van der Waals surface area (Å²) in [5.41, 5.74) is 6.85. The number of halogens is 1. The Bertz CT molecular complexity index is 309. The van der Waals surface area contributed by atoms with Crippen LogP contribution in [0.15, 0.2) is 18.3 Å². The first-order chi connectivity index (χ1) is 7.27. The third kappa shape index (κ3) is 2.52. The highest BCUT2D eigenvalue weighted by atomic mass is 19.1. The van der Waals surface area contributed by atoms with Crippen molar-refractivity contribution in [3.8, 4) is 0 Å². The molecule has 1 saturated heterocycles. The zero-order chi connectivity index (χ0) is 10.7. The molecule has 0 bridgehead atoms. The number of ether oxygens (including phenoxy) is 1. The molecule has 1 aromatic heterocycles. The second kappa shape index (κ2) is 4.68. The van der Waals surface area contributed by atoms with Crippen molar-refractivity contribution in [3.63, 3.8) is 0 Å². The van der Waals surface area contributed by atoms with Crippen molar-refractivity contribution in [2.45, 2.75) is 18.9 Å². The van der Waals surface area contributed by atoms with E-state index in [4.69, 9.17) is 10.5 Å². The molecule has 15 heavy (non-hydrogen) atoms. The maximum Gasteiger partial charge on any atom is 0.141 e. The van der Waals surface area contributed by atoms with E-state index in [1.54, 1.807) is 6.07 Å². The zero-order valence-corrected chi connectivity index (χ0v) is 8.53. The number of pyridine rings is 1. The Morgan fingerprint density at radius 2 is 2.13 bits per heavy atom. The Labute approximate surface area is 88.5 Å². The number of hydrogen-bond acceptors (Lipinski definition) is 3. The summed E-state index contributed by atoms with van der Waals surface area (Å²) in [4.78, 5) is 4.01. The van der Waals surface area contributed by atoms with Gasteiger partial charge in [0.05, 0.1) is 11.9 Å². The van der Waals surface area contributed by atoms with Crippen LogP contribution in [0.3, 0.4) is 0 Å². The molecule has 1 aliphatic rings. The summed E-state index contributed by atoms with van der Waals surface area (Å²) in [7, 11) is 0. The van der Waals surface area contributed by atoms with Gasteiger partial charge in [-0.25, -0.2) is 4.39 Å². The van der Waals surface area contributed by atoms with Gasteiger partial charge >= 0.3 is 0 Å². The predicted molar refractivity (Wildman–Crippen MR) is 54.7 cm³/mol. The molecule has 2 heterocycles. The van der Waals surface area contributed by atoms with Crippen molar-refractivity contribution in [1.82, 2.24) is 4.98 Å². The number of nitrogens with zero attached hydrogens (tertiary/aromatic N) is 1. The van der Waals surface area contributed by atoms with Crippen LogP contribution in [0.2, 0.25) is 0 Å². The lowest BCUT2D eigenvalue weighted by atomic mass is 9.90. The van der Waals surface area contributed by atoms with E-state index in [-0.39, 0.29) is 11.9 Å². The van der Waals surface area contributed by atoms with Crippen LogP contribution in [0.1, 0.15) is 24.6 Å². The monoisotopic (exact) mass is 210 g/mol. The van der Waals surface area contributed by atoms with Gasteiger partial charge in [0, 0.05) is 19.3 Å². The minimum Gasteiger partial charge on any atom is -0.381 e.